The smallest absolute Gasteiger partial charge is 0.164 e. The molecule has 3 aromatic heterocycles. The van der Waals surface area contributed by atoms with Crippen molar-refractivity contribution in [1.29, 1.82) is 10.5 Å². The topological polar surface area (TPSA) is 103 Å². The van der Waals surface area contributed by atoms with E-state index >= 15 is 0 Å². The third-order valence-corrected chi connectivity index (χ3v) is 4.66. The summed E-state index contributed by atoms with van der Waals surface area (Å²) in [7, 11) is -1.56. The first kappa shape index (κ1) is 19.1. The number of fused-ring (bicyclic) bond motifs is 1. The average Bonchev–Trinajstić information content (AvgIpc) is 3.09. The van der Waals surface area contributed by atoms with Crippen molar-refractivity contribution in [3.05, 3.63) is 41.9 Å². The molecule has 0 aliphatic rings. The summed E-state index contributed by atoms with van der Waals surface area (Å²) in [6.45, 7) is 8.29. The lowest BCUT2D eigenvalue weighted by molar-refractivity contribution is 0.861. The van der Waals surface area contributed by atoms with E-state index in [1.165, 1.54) is 6.20 Å². The molecule has 0 aromatic carbocycles. The van der Waals surface area contributed by atoms with Gasteiger partial charge in [-0.3, -0.25) is 0 Å². The Morgan fingerprint density at radius 3 is 2.57 bits per heavy atom. The molecule has 3 aromatic rings. The van der Waals surface area contributed by atoms with Crippen LogP contribution in [0.2, 0.25) is 19.6 Å². The maximum Gasteiger partial charge on any atom is 0.164 e. The molecule has 28 heavy (non-hydrogen) atoms. The van der Waals surface area contributed by atoms with Crippen molar-refractivity contribution in [3.8, 4) is 29.4 Å². The van der Waals surface area contributed by atoms with Crippen LogP contribution >= 0.6 is 0 Å². The van der Waals surface area contributed by atoms with Gasteiger partial charge in [-0.05, 0) is 13.0 Å². The zero-order valence-electron chi connectivity index (χ0n) is 16.1. The fraction of sp³-hybridized carbons (Fsp3) is 0.250. The highest BCUT2D eigenvalue weighted by atomic mass is 28.3. The van der Waals surface area contributed by atoms with Crippen LogP contribution in [-0.4, -0.2) is 33.9 Å². The van der Waals surface area contributed by atoms with Crippen LogP contribution in [0.5, 0.6) is 0 Å². The van der Waals surface area contributed by atoms with Crippen molar-refractivity contribution >= 4 is 24.8 Å². The maximum atomic E-state index is 9.18. The summed E-state index contributed by atoms with van der Waals surface area (Å²) in [5.41, 5.74) is 5.87. The van der Waals surface area contributed by atoms with Crippen molar-refractivity contribution in [1.82, 2.24) is 19.7 Å². The molecule has 0 spiro atoms. The maximum absolute atomic E-state index is 9.18. The third kappa shape index (κ3) is 4.17. The number of hydrogen-bond donors (Lipinski definition) is 1. The van der Waals surface area contributed by atoms with Gasteiger partial charge < -0.3 is 5.32 Å². The summed E-state index contributed by atoms with van der Waals surface area (Å²) in [4.78, 5) is 8.82. The van der Waals surface area contributed by atoms with Gasteiger partial charge in [-0.25, -0.2) is 9.97 Å². The van der Waals surface area contributed by atoms with Crippen molar-refractivity contribution in [2.75, 3.05) is 5.32 Å². The summed E-state index contributed by atoms with van der Waals surface area (Å²) >= 11 is 0. The van der Waals surface area contributed by atoms with Crippen LogP contribution in [0.15, 0.2) is 30.7 Å². The highest BCUT2D eigenvalue weighted by Crippen LogP contribution is 2.21. The van der Waals surface area contributed by atoms with Gasteiger partial charge in [-0.15, -0.1) is 5.54 Å². The van der Waals surface area contributed by atoms with E-state index in [4.69, 9.17) is 5.26 Å². The van der Waals surface area contributed by atoms with E-state index < -0.39 is 8.07 Å². The molecule has 0 aliphatic heterocycles. The van der Waals surface area contributed by atoms with E-state index in [0.717, 1.165) is 16.6 Å². The van der Waals surface area contributed by atoms with Gasteiger partial charge in [0, 0.05) is 23.8 Å². The van der Waals surface area contributed by atoms with E-state index in [9.17, 15) is 5.26 Å². The van der Waals surface area contributed by atoms with Gasteiger partial charge in [0.1, 0.15) is 20.2 Å². The van der Waals surface area contributed by atoms with Gasteiger partial charge in [-0.1, -0.05) is 25.6 Å². The van der Waals surface area contributed by atoms with Gasteiger partial charge in [-0.2, -0.15) is 20.3 Å². The van der Waals surface area contributed by atoms with Gasteiger partial charge in [0.05, 0.1) is 29.1 Å². The van der Waals surface area contributed by atoms with Gasteiger partial charge in [0.2, 0.25) is 0 Å². The molecule has 0 fully saturated rings. The number of nitrogens with one attached hydrogen (secondary N) is 1. The Hall–Kier alpha value is -3.67. The Labute approximate surface area is 164 Å². The van der Waals surface area contributed by atoms with Crippen LogP contribution in [0.25, 0.3) is 16.9 Å². The zero-order valence-corrected chi connectivity index (χ0v) is 17.1. The highest BCUT2D eigenvalue weighted by molar-refractivity contribution is 6.83. The molecule has 0 saturated carbocycles. The second-order valence-corrected chi connectivity index (χ2v) is 12.1. The standard InChI is InChI=1S/C20H19N7Si/c1-14(9-21)26-18-8-19(23-12-16(18)5-6-28(2,3)4)27-20-17(13-25-27)7-15(10-22)11-24-20/h7-8,11-14H,1-4H3,(H,23,26)/t14-/m1/s1. The Balaban J connectivity index is 2.10. The van der Waals surface area contributed by atoms with E-state index in [1.54, 1.807) is 30.1 Å². The number of aromatic nitrogens is 4. The number of nitrogens with zero attached hydrogens (tertiary/aromatic N) is 6. The largest absolute Gasteiger partial charge is 0.369 e. The average molecular weight is 386 g/mol. The fourth-order valence-electron chi connectivity index (χ4n) is 2.45. The molecule has 0 bridgehead atoms. The molecule has 7 nitrogen and oxygen atoms in total. The fourth-order valence-corrected chi connectivity index (χ4v) is 2.96. The minimum atomic E-state index is -1.56. The lowest BCUT2D eigenvalue weighted by Gasteiger charge is -2.12. The summed E-state index contributed by atoms with van der Waals surface area (Å²) in [6.07, 6.45) is 4.84. The third-order valence-electron chi connectivity index (χ3n) is 3.78. The molecule has 1 N–H and O–H groups in total. The quantitative estimate of drug-likeness (QED) is 0.548. The van der Waals surface area contributed by atoms with Crippen LogP contribution in [0, 0.1) is 34.1 Å². The van der Waals surface area contributed by atoms with Crippen LogP contribution < -0.4 is 5.32 Å². The van der Waals surface area contributed by atoms with Gasteiger partial charge >= 0.3 is 0 Å². The summed E-state index contributed by atoms with van der Waals surface area (Å²) in [5.74, 6) is 3.76. The molecule has 3 heterocycles. The summed E-state index contributed by atoms with van der Waals surface area (Å²) < 4.78 is 1.61. The monoisotopic (exact) mass is 385 g/mol. The number of anilines is 1. The SMILES string of the molecule is C[C@H](C#N)Nc1cc(-n2ncc3cc(C#N)cnc32)ncc1C#C[Si](C)(C)C. The lowest BCUT2D eigenvalue weighted by Crippen LogP contribution is -2.17. The Kier molecular flexibility index (Phi) is 5.13. The minimum Gasteiger partial charge on any atom is -0.369 e. The number of nitriles is 2. The Morgan fingerprint density at radius 1 is 1.11 bits per heavy atom. The number of hydrogen-bond acceptors (Lipinski definition) is 6. The predicted molar refractivity (Wildman–Crippen MR) is 110 cm³/mol. The highest BCUT2D eigenvalue weighted by Gasteiger charge is 2.13. The van der Waals surface area contributed by atoms with Crippen LogP contribution in [0.4, 0.5) is 5.69 Å². The lowest BCUT2D eigenvalue weighted by atomic mass is 10.2. The molecule has 0 unspecified atom stereocenters. The summed E-state index contributed by atoms with van der Waals surface area (Å²) in [5, 5.41) is 26.5. The second kappa shape index (κ2) is 7.52. The van der Waals surface area contributed by atoms with Crippen molar-refractivity contribution in [2.24, 2.45) is 0 Å². The molecular formula is C20H19N7Si. The Morgan fingerprint density at radius 2 is 1.89 bits per heavy atom. The zero-order chi connectivity index (χ0) is 20.3. The molecule has 1 atom stereocenters. The minimum absolute atomic E-state index is 0.381. The van der Waals surface area contributed by atoms with Crippen molar-refractivity contribution < 1.29 is 0 Å². The molecule has 3 rings (SSSR count). The Bertz CT molecular complexity index is 1180. The molecule has 0 radical (unpaired) electrons. The molecular weight excluding hydrogens is 366 g/mol. The van der Waals surface area contributed by atoms with Gasteiger partial charge in [0.25, 0.3) is 0 Å². The van der Waals surface area contributed by atoms with E-state index in [0.29, 0.717) is 17.0 Å². The molecule has 0 amide bonds. The second-order valence-electron chi connectivity index (χ2n) is 7.39. The first-order valence-electron chi connectivity index (χ1n) is 8.74. The molecule has 138 valence electrons. The molecule has 0 saturated heterocycles. The van der Waals surface area contributed by atoms with Crippen LogP contribution in [0.1, 0.15) is 18.1 Å². The number of pyridine rings is 2. The van der Waals surface area contributed by atoms with E-state index in [-0.39, 0.29) is 6.04 Å². The summed E-state index contributed by atoms with van der Waals surface area (Å²) in [6, 6.07) is 7.41. The van der Waals surface area contributed by atoms with Crippen molar-refractivity contribution in [3.63, 3.8) is 0 Å². The number of rotatable bonds is 3. The first-order valence-corrected chi connectivity index (χ1v) is 12.2. The molecule has 8 heteroatoms. The normalized spacial score (nSPS) is 11.8. The van der Waals surface area contributed by atoms with E-state index in [2.05, 4.69) is 63.6 Å². The molecule has 0 aliphatic carbocycles. The predicted octanol–water partition coefficient (Wildman–Crippen LogP) is 3.24. The first-order chi connectivity index (χ1) is 13.3. The van der Waals surface area contributed by atoms with Crippen LogP contribution in [-0.2, 0) is 0 Å². The van der Waals surface area contributed by atoms with Gasteiger partial charge in [0.15, 0.2) is 11.5 Å². The van der Waals surface area contributed by atoms with E-state index in [1.807, 2.05) is 6.07 Å². The van der Waals surface area contributed by atoms with Crippen LogP contribution in [0.3, 0.4) is 0 Å². The van der Waals surface area contributed by atoms with Crippen molar-refractivity contribution in [2.45, 2.75) is 32.6 Å².